The normalized spacial score (nSPS) is 13.0. The predicted molar refractivity (Wildman–Crippen MR) is 179 cm³/mol. The monoisotopic (exact) mass is 594 g/mol. The standard InChI is InChI=1S/C36H51ClN2O3/c1-6-7-8-9-10-11-12-13-14-15-16-17-18-19-20-21-22-23-24-25-33(40)38-30-35(2,3)39-34(41)36(4,5)42-32-28-26-31(37)27-29-32/h7-8,10-11,13-14,16-17,19-20,22-23,26-29H,6,9,12,15,18,21,24-25,30H2,1-5H3,(H,38,40)(H,39,41). The topological polar surface area (TPSA) is 67.4 Å². The quantitative estimate of drug-likeness (QED) is 0.148. The highest BCUT2D eigenvalue weighted by molar-refractivity contribution is 6.30. The molecule has 0 aliphatic carbocycles. The average Bonchev–Trinajstić information content (AvgIpc) is 2.94. The smallest absolute Gasteiger partial charge is 0.264 e. The number of amides is 2. The van der Waals surface area contributed by atoms with Gasteiger partial charge in [-0.1, -0.05) is 91.4 Å². The summed E-state index contributed by atoms with van der Waals surface area (Å²) in [5, 5.41) is 6.49. The van der Waals surface area contributed by atoms with Gasteiger partial charge in [-0.3, -0.25) is 9.59 Å². The molecule has 1 rings (SSSR count). The molecule has 0 fully saturated rings. The highest BCUT2D eigenvalue weighted by Gasteiger charge is 2.34. The number of halogens is 1. The summed E-state index contributed by atoms with van der Waals surface area (Å²) in [6, 6.07) is 6.87. The van der Waals surface area contributed by atoms with Crippen molar-refractivity contribution in [2.75, 3.05) is 6.54 Å². The fourth-order valence-electron chi connectivity index (χ4n) is 3.61. The van der Waals surface area contributed by atoms with Gasteiger partial charge >= 0.3 is 0 Å². The SMILES string of the molecule is CCC=CCC=CCC=CCC=CCC=CCC=CCCC(=O)NCC(C)(C)NC(=O)C(C)(C)Oc1ccc(Cl)cc1. The summed E-state index contributed by atoms with van der Waals surface area (Å²) in [4.78, 5) is 25.2. The highest BCUT2D eigenvalue weighted by Crippen LogP contribution is 2.21. The third-order valence-corrected chi connectivity index (χ3v) is 6.30. The van der Waals surface area contributed by atoms with Crippen LogP contribution in [0.5, 0.6) is 5.75 Å². The van der Waals surface area contributed by atoms with Crippen LogP contribution in [-0.2, 0) is 9.59 Å². The molecule has 0 radical (unpaired) electrons. The zero-order valence-electron chi connectivity index (χ0n) is 26.2. The van der Waals surface area contributed by atoms with Crippen molar-refractivity contribution in [1.82, 2.24) is 10.6 Å². The molecule has 0 saturated heterocycles. The summed E-state index contributed by atoms with van der Waals surface area (Å²) in [5.41, 5.74) is -1.73. The molecular weight excluding hydrogens is 544 g/mol. The maximum absolute atomic E-state index is 12.9. The number of nitrogens with one attached hydrogen (secondary N) is 2. The first-order chi connectivity index (χ1) is 20.1. The molecule has 1 aromatic rings. The number of allylic oxidation sites excluding steroid dienone is 12. The van der Waals surface area contributed by atoms with Crippen molar-refractivity contribution >= 4 is 23.4 Å². The lowest BCUT2D eigenvalue weighted by molar-refractivity contribution is -0.136. The van der Waals surface area contributed by atoms with E-state index >= 15 is 0 Å². The minimum atomic E-state index is -1.09. The Hall–Kier alpha value is -3.31. The highest BCUT2D eigenvalue weighted by atomic mass is 35.5. The van der Waals surface area contributed by atoms with Crippen LogP contribution in [0.25, 0.3) is 0 Å². The number of hydrogen-bond donors (Lipinski definition) is 2. The Kier molecular flexibility index (Phi) is 18.7. The van der Waals surface area contributed by atoms with Crippen molar-refractivity contribution in [3.05, 3.63) is 102 Å². The van der Waals surface area contributed by atoms with E-state index in [4.69, 9.17) is 16.3 Å². The van der Waals surface area contributed by atoms with Gasteiger partial charge in [0, 0.05) is 18.0 Å². The van der Waals surface area contributed by atoms with Crippen molar-refractivity contribution < 1.29 is 14.3 Å². The molecule has 6 heteroatoms. The molecule has 1 aromatic carbocycles. The molecule has 2 amide bonds. The summed E-state index contributed by atoms with van der Waals surface area (Å²) < 4.78 is 5.86. The van der Waals surface area contributed by atoms with Gasteiger partial charge in [0.05, 0.1) is 5.54 Å². The lowest BCUT2D eigenvalue weighted by Crippen LogP contribution is -2.57. The molecule has 0 aliphatic rings. The molecule has 0 saturated carbocycles. The zero-order chi connectivity index (χ0) is 31.1. The number of carbonyl (C=O) groups excluding carboxylic acids is 2. The van der Waals surface area contributed by atoms with Crippen molar-refractivity contribution in [2.24, 2.45) is 0 Å². The van der Waals surface area contributed by atoms with Gasteiger partial charge < -0.3 is 15.4 Å². The first-order valence-corrected chi connectivity index (χ1v) is 15.4. The summed E-state index contributed by atoms with van der Waals surface area (Å²) in [6.07, 6.45) is 32.9. The lowest BCUT2D eigenvalue weighted by atomic mass is 10.0. The third kappa shape index (κ3) is 18.9. The zero-order valence-corrected chi connectivity index (χ0v) is 27.0. The molecule has 0 unspecified atom stereocenters. The van der Waals surface area contributed by atoms with E-state index in [0.717, 1.165) is 38.5 Å². The van der Waals surface area contributed by atoms with Gasteiger partial charge in [0.25, 0.3) is 5.91 Å². The van der Waals surface area contributed by atoms with Crippen molar-refractivity contribution in [2.45, 2.75) is 97.1 Å². The van der Waals surface area contributed by atoms with Gasteiger partial charge in [-0.2, -0.15) is 0 Å². The minimum absolute atomic E-state index is 0.0477. The van der Waals surface area contributed by atoms with Crippen LogP contribution in [0.1, 0.15) is 86.0 Å². The van der Waals surface area contributed by atoms with Crippen molar-refractivity contribution in [3.63, 3.8) is 0 Å². The molecule has 0 aromatic heterocycles. The van der Waals surface area contributed by atoms with Crippen LogP contribution in [-0.4, -0.2) is 29.5 Å². The van der Waals surface area contributed by atoms with Crippen LogP contribution in [0.2, 0.25) is 5.02 Å². The van der Waals surface area contributed by atoms with Crippen molar-refractivity contribution in [3.8, 4) is 5.75 Å². The van der Waals surface area contributed by atoms with Crippen LogP contribution in [0, 0.1) is 0 Å². The van der Waals surface area contributed by atoms with Gasteiger partial charge in [-0.25, -0.2) is 0 Å². The Morgan fingerprint density at radius 3 is 1.67 bits per heavy atom. The largest absolute Gasteiger partial charge is 0.478 e. The van der Waals surface area contributed by atoms with Gasteiger partial charge in [0.2, 0.25) is 5.91 Å². The van der Waals surface area contributed by atoms with Gasteiger partial charge in [-0.15, -0.1) is 0 Å². The predicted octanol–water partition coefficient (Wildman–Crippen LogP) is 8.99. The van der Waals surface area contributed by atoms with E-state index < -0.39 is 11.1 Å². The number of rotatable bonds is 20. The van der Waals surface area contributed by atoms with Crippen LogP contribution < -0.4 is 15.4 Å². The number of hydrogen-bond acceptors (Lipinski definition) is 3. The maximum atomic E-state index is 12.9. The van der Waals surface area contributed by atoms with Crippen molar-refractivity contribution in [1.29, 1.82) is 0 Å². The summed E-state index contributed by atoms with van der Waals surface area (Å²) in [6.45, 7) is 9.62. The molecule has 0 bridgehead atoms. The fraction of sp³-hybridized carbons (Fsp3) is 0.444. The fourth-order valence-corrected chi connectivity index (χ4v) is 3.73. The molecular formula is C36H51ClN2O3. The van der Waals surface area contributed by atoms with E-state index in [2.05, 4.69) is 84.4 Å². The third-order valence-electron chi connectivity index (χ3n) is 6.05. The van der Waals surface area contributed by atoms with Gasteiger partial charge in [0.15, 0.2) is 5.60 Å². The Balaban J connectivity index is 2.18. The molecule has 0 atom stereocenters. The summed E-state index contributed by atoms with van der Waals surface area (Å²) in [5.74, 6) is 0.239. The average molecular weight is 595 g/mol. The van der Waals surface area contributed by atoms with Crippen LogP contribution in [0.15, 0.2) is 97.2 Å². The van der Waals surface area contributed by atoms with Gasteiger partial charge in [-0.05, 0) is 96.9 Å². The lowest BCUT2D eigenvalue weighted by Gasteiger charge is -2.32. The van der Waals surface area contributed by atoms with E-state index in [1.54, 1.807) is 38.1 Å². The Labute approximate surface area is 259 Å². The second-order valence-electron chi connectivity index (χ2n) is 11.1. The minimum Gasteiger partial charge on any atom is -0.478 e. The molecule has 2 N–H and O–H groups in total. The molecule has 42 heavy (non-hydrogen) atoms. The van der Waals surface area contributed by atoms with Gasteiger partial charge in [0.1, 0.15) is 5.75 Å². The number of carbonyl (C=O) groups is 2. The van der Waals surface area contributed by atoms with Crippen LogP contribution in [0.3, 0.4) is 0 Å². The summed E-state index contributed by atoms with van der Waals surface area (Å²) >= 11 is 5.92. The first-order valence-electron chi connectivity index (χ1n) is 15.0. The van der Waals surface area contributed by atoms with Crippen LogP contribution >= 0.6 is 11.6 Å². The Morgan fingerprint density at radius 2 is 1.19 bits per heavy atom. The number of benzene rings is 1. The van der Waals surface area contributed by atoms with E-state index in [1.807, 2.05) is 19.9 Å². The van der Waals surface area contributed by atoms with E-state index in [-0.39, 0.29) is 11.8 Å². The van der Waals surface area contributed by atoms with E-state index in [9.17, 15) is 9.59 Å². The molecule has 5 nitrogen and oxygen atoms in total. The van der Waals surface area contributed by atoms with Crippen LogP contribution in [0.4, 0.5) is 0 Å². The molecule has 230 valence electrons. The molecule has 0 heterocycles. The molecule has 0 spiro atoms. The summed E-state index contributed by atoms with van der Waals surface area (Å²) in [7, 11) is 0. The van der Waals surface area contributed by atoms with E-state index in [1.165, 1.54) is 0 Å². The first kappa shape index (κ1) is 36.7. The van der Waals surface area contributed by atoms with E-state index in [0.29, 0.717) is 30.2 Å². The number of ether oxygens (including phenoxy) is 1. The second kappa shape index (κ2) is 21.4. The Bertz CT molecular complexity index is 1090. The maximum Gasteiger partial charge on any atom is 0.264 e. The Morgan fingerprint density at radius 1 is 0.738 bits per heavy atom. The second-order valence-corrected chi connectivity index (χ2v) is 11.6. The molecule has 0 aliphatic heterocycles.